The van der Waals surface area contributed by atoms with Crippen molar-refractivity contribution in [1.82, 2.24) is 5.32 Å². The fraction of sp³-hybridized carbons (Fsp3) is 0.571. The minimum atomic E-state index is 0.661. The minimum absolute atomic E-state index is 0.661. The summed E-state index contributed by atoms with van der Waals surface area (Å²) in [5, 5.41) is 3.29. The molecule has 88 valence electrons. The van der Waals surface area contributed by atoms with E-state index in [1.165, 1.54) is 30.4 Å². The molecule has 2 rings (SSSR count). The van der Waals surface area contributed by atoms with Gasteiger partial charge in [0.2, 0.25) is 0 Å². The van der Waals surface area contributed by atoms with Crippen molar-refractivity contribution < 1.29 is 4.74 Å². The zero-order chi connectivity index (χ0) is 11.4. The van der Waals surface area contributed by atoms with Gasteiger partial charge in [0.25, 0.3) is 0 Å². The van der Waals surface area contributed by atoms with Gasteiger partial charge in [-0.25, -0.2) is 0 Å². The maximum Gasteiger partial charge on any atom is 0.122 e. The fourth-order valence-electron chi connectivity index (χ4n) is 2.66. The SMILES string of the molecule is CCOc1cccc2c1CCCC2CNC. The Morgan fingerprint density at radius 3 is 3.06 bits per heavy atom. The Kier molecular flexibility index (Phi) is 3.83. The molecule has 1 aromatic rings. The summed E-state index contributed by atoms with van der Waals surface area (Å²) in [6.07, 6.45) is 3.75. The standard InChI is InChI=1S/C14H21NO/c1-3-16-14-9-5-7-12-11(10-15-2)6-4-8-13(12)14/h5,7,9,11,15H,3-4,6,8,10H2,1-2H3. The van der Waals surface area contributed by atoms with Crippen LogP contribution in [-0.4, -0.2) is 20.2 Å². The average Bonchev–Trinajstić information content (AvgIpc) is 2.31. The summed E-state index contributed by atoms with van der Waals surface area (Å²) < 4.78 is 5.71. The Labute approximate surface area is 98.0 Å². The predicted octanol–water partition coefficient (Wildman–Crippen LogP) is 2.72. The van der Waals surface area contributed by atoms with Gasteiger partial charge >= 0.3 is 0 Å². The minimum Gasteiger partial charge on any atom is -0.494 e. The Balaban J connectivity index is 2.30. The Morgan fingerprint density at radius 2 is 2.31 bits per heavy atom. The van der Waals surface area contributed by atoms with Gasteiger partial charge in [0.15, 0.2) is 0 Å². The van der Waals surface area contributed by atoms with Gasteiger partial charge in [-0.2, -0.15) is 0 Å². The molecular weight excluding hydrogens is 198 g/mol. The van der Waals surface area contributed by atoms with Crippen molar-refractivity contribution in [3.63, 3.8) is 0 Å². The first-order valence-electron chi connectivity index (χ1n) is 6.26. The summed E-state index contributed by atoms with van der Waals surface area (Å²) in [6.45, 7) is 3.88. The summed E-state index contributed by atoms with van der Waals surface area (Å²) in [7, 11) is 2.03. The molecule has 1 aliphatic carbocycles. The van der Waals surface area contributed by atoms with Crippen LogP contribution >= 0.6 is 0 Å². The second kappa shape index (κ2) is 5.35. The van der Waals surface area contributed by atoms with Gasteiger partial charge in [-0.05, 0) is 56.3 Å². The fourth-order valence-corrected chi connectivity index (χ4v) is 2.66. The number of benzene rings is 1. The first-order chi connectivity index (χ1) is 7.86. The largest absolute Gasteiger partial charge is 0.494 e. The molecule has 2 nitrogen and oxygen atoms in total. The van der Waals surface area contributed by atoms with Crippen molar-refractivity contribution in [2.24, 2.45) is 0 Å². The molecule has 2 heteroatoms. The highest BCUT2D eigenvalue weighted by Crippen LogP contribution is 2.36. The number of ether oxygens (including phenoxy) is 1. The zero-order valence-corrected chi connectivity index (χ0v) is 10.3. The van der Waals surface area contributed by atoms with Crippen LogP contribution in [0.3, 0.4) is 0 Å². The molecule has 16 heavy (non-hydrogen) atoms. The van der Waals surface area contributed by atoms with Crippen molar-refractivity contribution in [2.45, 2.75) is 32.1 Å². The quantitative estimate of drug-likeness (QED) is 0.840. The van der Waals surface area contributed by atoms with Crippen molar-refractivity contribution in [3.05, 3.63) is 29.3 Å². The van der Waals surface area contributed by atoms with E-state index in [0.29, 0.717) is 5.92 Å². The summed E-state index contributed by atoms with van der Waals surface area (Å²) in [5.74, 6) is 1.76. The lowest BCUT2D eigenvalue weighted by molar-refractivity contribution is 0.333. The van der Waals surface area contributed by atoms with E-state index in [0.717, 1.165) is 18.9 Å². The number of hydrogen-bond acceptors (Lipinski definition) is 2. The van der Waals surface area contributed by atoms with Crippen LogP contribution in [-0.2, 0) is 6.42 Å². The van der Waals surface area contributed by atoms with Crippen LogP contribution in [0.1, 0.15) is 36.8 Å². The van der Waals surface area contributed by atoms with E-state index < -0.39 is 0 Å². The van der Waals surface area contributed by atoms with Crippen LogP contribution in [0.25, 0.3) is 0 Å². The third kappa shape index (κ3) is 2.22. The molecule has 1 N–H and O–H groups in total. The number of hydrogen-bond donors (Lipinski definition) is 1. The molecule has 0 aliphatic heterocycles. The van der Waals surface area contributed by atoms with Gasteiger partial charge in [-0.15, -0.1) is 0 Å². The molecule has 0 fully saturated rings. The maximum absolute atomic E-state index is 5.71. The van der Waals surface area contributed by atoms with Crippen molar-refractivity contribution in [1.29, 1.82) is 0 Å². The number of rotatable bonds is 4. The average molecular weight is 219 g/mol. The maximum atomic E-state index is 5.71. The molecule has 0 amide bonds. The lowest BCUT2D eigenvalue weighted by atomic mass is 9.82. The highest BCUT2D eigenvalue weighted by Gasteiger charge is 2.21. The van der Waals surface area contributed by atoms with Crippen LogP contribution in [0.2, 0.25) is 0 Å². The van der Waals surface area contributed by atoms with E-state index in [2.05, 4.69) is 23.5 Å². The first kappa shape index (κ1) is 11.5. The topological polar surface area (TPSA) is 21.3 Å². The van der Waals surface area contributed by atoms with Crippen LogP contribution in [0.4, 0.5) is 0 Å². The van der Waals surface area contributed by atoms with Gasteiger partial charge < -0.3 is 10.1 Å². The molecular formula is C14H21NO. The van der Waals surface area contributed by atoms with Crippen LogP contribution in [0.5, 0.6) is 5.75 Å². The van der Waals surface area contributed by atoms with Gasteiger partial charge in [-0.3, -0.25) is 0 Å². The molecule has 1 aliphatic rings. The summed E-state index contributed by atoms with van der Waals surface area (Å²) >= 11 is 0. The first-order valence-corrected chi connectivity index (χ1v) is 6.26. The predicted molar refractivity (Wildman–Crippen MR) is 67.2 cm³/mol. The van der Waals surface area contributed by atoms with E-state index in [4.69, 9.17) is 4.74 Å². The molecule has 0 saturated carbocycles. The second-order valence-electron chi connectivity index (χ2n) is 4.40. The zero-order valence-electron chi connectivity index (χ0n) is 10.3. The molecule has 1 unspecified atom stereocenters. The van der Waals surface area contributed by atoms with E-state index in [-0.39, 0.29) is 0 Å². The molecule has 0 bridgehead atoms. The molecule has 0 heterocycles. The molecule has 0 radical (unpaired) electrons. The van der Waals surface area contributed by atoms with E-state index in [9.17, 15) is 0 Å². The van der Waals surface area contributed by atoms with Gasteiger partial charge in [0.05, 0.1) is 6.61 Å². The van der Waals surface area contributed by atoms with Crippen LogP contribution in [0.15, 0.2) is 18.2 Å². The van der Waals surface area contributed by atoms with Crippen molar-refractivity contribution in [3.8, 4) is 5.75 Å². The summed E-state index contributed by atoms with van der Waals surface area (Å²) in [6, 6.07) is 6.49. The van der Waals surface area contributed by atoms with Crippen LogP contribution in [0, 0.1) is 0 Å². The monoisotopic (exact) mass is 219 g/mol. The van der Waals surface area contributed by atoms with Crippen molar-refractivity contribution in [2.75, 3.05) is 20.2 Å². The van der Waals surface area contributed by atoms with Crippen molar-refractivity contribution >= 4 is 0 Å². The number of fused-ring (bicyclic) bond motifs is 1. The molecule has 1 atom stereocenters. The summed E-state index contributed by atoms with van der Waals surface area (Å²) in [5.41, 5.74) is 2.93. The van der Waals surface area contributed by atoms with Gasteiger partial charge in [0.1, 0.15) is 5.75 Å². The van der Waals surface area contributed by atoms with E-state index in [1.807, 2.05) is 14.0 Å². The Bertz CT molecular complexity index is 349. The Morgan fingerprint density at radius 1 is 1.44 bits per heavy atom. The third-order valence-corrected chi connectivity index (χ3v) is 3.34. The smallest absolute Gasteiger partial charge is 0.122 e. The second-order valence-corrected chi connectivity index (χ2v) is 4.40. The third-order valence-electron chi connectivity index (χ3n) is 3.34. The lowest BCUT2D eigenvalue weighted by Crippen LogP contribution is -2.21. The number of likely N-dealkylation sites (N-methyl/N-ethyl adjacent to an activating group) is 1. The molecule has 0 saturated heterocycles. The normalized spacial score (nSPS) is 19.2. The van der Waals surface area contributed by atoms with Gasteiger partial charge in [-0.1, -0.05) is 12.1 Å². The highest BCUT2D eigenvalue weighted by atomic mass is 16.5. The number of nitrogens with one attached hydrogen (secondary N) is 1. The molecule has 0 spiro atoms. The molecule has 1 aromatic carbocycles. The Hall–Kier alpha value is -1.02. The molecule has 0 aromatic heterocycles. The van der Waals surface area contributed by atoms with E-state index >= 15 is 0 Å². The van der Waals surface area contributed by atoms with Gasteiger partial charge in [0, 0.05) is 6.54 Å². The highest BCUT2D eigenvalue weighted by molar-refractivity contribution is 5.43. The van der Waals surface area contributed by atoms with E-state index in [1.54, 1.807) is 0 Å². The summed E-state index contributed by atoms with van der Waals surface area (Å²) in [4.78, 5) is 0. The lowest BCUT2D eigenvalue weighted by Gasteiger charge is -2.27. The van der Waals surface area contributed by atoms with Crippen LogP contribution < -0.4 is 10.1 Å².